The van der Waals surface area contributed by atoms with Gasteiger partial charge in [-0.1, -0.05) is 35.9 Å². The molecule has 0 unspecified atom stereocenters. The molecule has 3 nitrogen and oxygen atoms in total. The van der Waals surface area contributed by atoms with Crippen LogP contribution in [0, 0.1) is 6.92 Å². The van der Waals surface area contributed by atoms with Crippen LogP contribution in [-0.2, 0) is 5.75 Å². The van der Waals surface area contributed by atoms with Crippen molar-refractivity contribution in [1.82, 2.24) is 4.98 Å². The summed E-state index contributed by atoms with van der Waals surface area (Å²) >= 11 is 7.66. The molecule has 1 amide bonds. The smallest absolute Gasteiger partial charge is 0.255 e. The van der Waals surface area contributed by atoms with Crippen LogP contribution in [0.1, 0.15) is 21.5 Å². The fraction of sp³-hybridized carbons (Fsp3) is 0.100. The van der Waals surface area contributed by atoms with Crippen molar-refractivity contribution in [3.05, 3.63) is 88.6 Å². The minimum Gasteiger partial charge on any atom is -0.322 e. The number of carbonyl (C=O) groups excluding carboxylic acids is 1. The molecule has 0 aliphatic rings. The zero-order valence-electron chi connectivity index (χ0n) is 13.7. The molecule has 0 saturated heterocycles. The lowest BCUT2D eigenvalue weighted by Gasteiger charge is -2.09. The molecule has 0 bridgehead atoms. The van der Waals surface area contributed by atoms with Crippen LogP contribution < -0.4 is 5.32 Å². The van der Waals surface area contributed by atoms with Crippen molar-refractivity contribution in [3.63, 3.8) is 0 Å². The molecule has 0 radical (unpaired) electrons. The monoisotopic (exact) mass is 368 g/mol. The molecule has 2 aromatic carbocycles. The van der Waals surface area contributed by atoms with Crippen LogP contribution in [0.4, 0.5) is 5.69 Å². The predicted molar refractivity (Wildman–Crippen MR) is 104 cm³/mol. The number of rotatable bonds is 5. The maximum absolute atomic E-state index is 12.4. The highest BCUT2D eigenvalue weighted by Crippen LogP contribution is 2.22. The second-order valence-corrected chi connectivity index (χ2v) is 7.00. The van der Waals surface area contributed by atoms with Crippen molar-refractivity contribution in [3.8, 4) is 0 Å². The molecule has 3 aromatic rings. The van der Waals surface area contributed by atoms with Crippen molar-refractivity contribution in [1.29, 1.82) is 0 Å². The third kappa shape index (κ3) is 4.84. The van der Waals surface area contributed by atoms with Crippen molar-refractivity contribution in [2.24, 2.45) is 0 Å². The Bertz CT molecular complexity index is 867. The number of carbonyl (C=O) groups is 1. The van der Waals surface area contributed by atoms with Gasteiger partial charge in [-0.25, -0.2) is 4.98 Å². The topological polar surface area (TPSA) is 42.0 Å². The van der Waals surface area contributed by atoms with E-state index < -0.39 is 0 Å². The molecule has 0 aliphatic carbocycles. The zero-order chi connectivity index (χ0) is 17.6. The van der Waals surface area contributed by atoms with Crippen LogP contribution in [-0.4, -0.2) is 10.9 Å². The van der Waals surface area contributed by atoms with E-state index in [1.54, 1.807) is 30.1 Å². The Balaban J connectivity index is 1.63. The van der Waals surface area contributed by atoms with Crippen LogP contribution in [0.15, 0.2) is 71.9 Å². The first-order valence-electron chi connectivity index (χ1n) is 7.82. The lowest BCUT2D eigenvalue weighted by Crippen LogP contribution is -2.12. The average Bonchev–Trinajstić information content (AvgIpc) is 2.64. The summed E-state index contributed by atoms with van der Waals surface area (Å²) in [6.07, 6.45) is 1.79. The van der Waals surface area contributed by atoms with Gasteiger partial charge in [0, 0.05) is 28.2 Å². The number of halogens is 1. The number of nitrogens with zero attached hydrogens (tertiary/aromatic N) is 1. The Kier molecular flexibility index (Phi) is 5.74. The van der Waals surface area contributed by atoms with E-state index in [9.17, 15) is 4.79 Å². The van der Waals surface area contributed by atoms with E-state index in [-0.39, 0.29) is 5.91 Å². The van der Waals surface area contributed by atoms with Gasteiger partial charge < -0.3 is 5.32 Å². The molecule has 1 N–H and O–H groups in total. The number of nitrogens with one attached hydrogen (secondary N) is 1. The summed E-state index contributed by atoms with van der Waals surface area (Å²) in [5, 5.41) is 4.49. The summed E-state index contributed by atoms with van der Waals surface area (Å²) in [7, 11) is 0. The summed E-state index contributed by atoms with van der Waals surface area (Å²) in [6, 6.07) is 18.9. The van der Waals surface area contributed by atoms with Gasteiger partial charge in [-0.15, -0.1) is 11.8 Å². The number of amides is 1. The van der Waals surface area contributed by atoms with Crippen LogP contribution in [0.2, 0.25) is 5.02 Å². The maximum atomic E-state index is 12.4. The van der Waals surface area contributed by atoms with Crippen molar-refractivity contribution in [2.45, 2.75) is 17.7 Å². The number of benzene rings is 2. The fourth-order valence-electron chi connectivity index (χ4n) is 2.27. The summed E-state index contributed by atoms with van der Waals surface area (Å²) < 4.78 is 0. The molecule has 0 aliphatic heterocycles. The fourth-order valence-corrected chi connectivity index (χ4v) is 3.25. The highest BCUT2D eigenvalue weighted by molar-refractivity contribution is 7.98. The first-order chi connectivity index (χ1) is 12.1. The molecule has 0 spiro atoms. The molecule has 3 rings (SSSR count). The van der Waals surface area contributed by atoms with Crippen LogP contribution >= 0.6 is 23.4 Å². The highest BCUT2D eigenvalue weighted by Gasteiger charge is 2.08. The van der Waals surface area contributed by atoms with Gasteiger partial charge >= 0.3 is 0 Å². The van der Waals surface area contributed by atoms with E-state index in [0.717, 1.165) is 27.6 Å². The minimum atomic E-state index is -0.144. The van der Waals surface area contributed by atoms with E-state index in [1.165, 1.54) is 0 Å². The van der Waals surface area contributed by atoms with E-state index in [4.69, 9.17) is 11.6 Å². The van der Waals surface area contributed by atoms with Crippen molar-refractivity contribution in [2.75, 3.05) is 5.32 Å². The molecular formula is C20H17ClN2OS. The summed E-state index contributed by atoms with van der Waals surface area (Å²) in [5.74, 6) is 0.668. The first-order valence-corrected chi connectivity index (χ1v) is 9.18. The van der Waals surface area contributed by atoms with Crippen LogP contribution in [0.25, 0.3) is 0 Å². The number of thioether (sulfide) groups is 1. The molecule has 0 saturated carbocycles. The zero-order valence-corrected chi connectivity index (χ0v) is 15.3. The number of aromatic nitrogens is 1. The average molecular weight is 369 g/mol. The SMILES string of the molecule is Cc1ccc(Cl)cc1NC(=O)c1ccc(CSc2ccccn2)cc1. The minimum absolute atomic E-state index is 0.144. The molecule has 5 heteroatoms. The highest BCUT2D eigenvalue weighted by atomic mass is 35.5. The van der Waals surface area contributed by atoms with Gasteiger partial charge in [0.1, 0.15) is 0 Å². The Morgan fingerprint density at radius 1 is 1.12 bits per heavy atom. The van der Waals surface area contributed by atoms with Crippen molar-refractivity contribution < 1.29 is 4.79 Å². The lowest BCUT2D eigenvalue weighted by atomic mass is 10.1. The van der Waals surface area contributed by atoms with Gasteiger partial charge in [0.2, 0.25) is 0 Å². The number of anilines is 1. The van der Waals surface area contributed by atoms with Gasteiger partial charge in [-0.3, -0.25) is 4.79 Å². The normalized spacial score (nSPS) is 10.5. The lowest BCUT2D eigenvalue weighted by molar-refractivity contribution is 0.102. The van der Waals surface area contributed by atoms with Crippen molar-refractivity contribution >= 4 is 35.0 Å². The molecule has 25 heavy (non-hydrogen) atoms. The largest absolute Gasteiger partial charge is 0.322 e. The Morgan fingerprint density at radius 3 is 2.64 bits per heavy atom. The number of hydrogen-bond acceptors (Lipinski definition) is 3. The van der Waals surface area contributed by atoms with Gasteiger partial charge in [0.05, 0.1) is 5.03 Å². The van der Waals surface area contributed by atoms with Crippen LogP contribution in [0.5, 0.6) is 0 Å². The summed E-state index contributed by atoms with van der Waals surface area (Å²) in [5.41, 5.74) is 3.46. The third-order valence-electron chi connectivity index (χ3n) is 3.69. The predicted octanol–water partition coefficient (Wildman–Crippen LogP) is 5.59. The quantitative estimate of drug-likeness (QED) is 0.597. The molecule has 1 heterocycles. The van der Waals surface area contributed by atoms with Gasteiger partial charge in [0.25, 0.3) is 5.91 Å². The Hall–Kier alpha value is -2.30. The van der Waals surface area contributed by atoms with Crippen LogP contribution in [0.3, 0.4) is 0 Å². The Morgan fingerprint density at radius 2 is 1.92 bits per heavy atom. The van der Waals surface area contributed by atoms with Gasteiger partial charge in [-0.05, 0) is 54.4 Å². The number of aryl methyl sites for hydroxylation is 1. The second kappa shape index (κ2) is 8.19. The third-order valence-corrected chi connectivity index (χ3v) is 4.94. The van der Waals surface area contributed by atoms with E-state index in [2.05, 4.69) is 10.3 Å². The van der Waals surface area contributed by atoms with E-state index >= 15 is 0 Å². The number of hydrogen-bond donors (Lipinski definition) is 1. The van der Waals surface area contributed by atoms with Gasteiger partial charge in [0.15, 0.2) is 0 Å². The summed E-state index contributed by atoms with van der Waals surface area (Å²) in [4.78, 5) is 16.7. The first kappa shape index (κ1) is 17.5. The summed E-state index contributed by atoms with van der Waals surface area (Å²) in [6.45, 7) is 1.93. The van der Waals surface area contributed by atoms with E-state index in [1.807, 2.05) is 55.5 Å². The molecular weight excluding hydrogens is 352 g/mol. The maximum Gasteiger partial charge on any atom is 0.255 e. The molecule has 1 aromatic heterocycles. The van der Waals surface area contributed by atoms with E-state index in [0.29, 0.717) is 10.6 Å². The number of pyridine rings is 1. The molecule has 0 fully saturated rings. The Labute approximate surface area is 156 Å². The second-order valence-electron chi connectivity index (χ2n) is 5.57. The molecule has 0 atom stereocenters. The standard InChI is InChI=1S/C20H17ClN2OS/c1-14-5-10-17(21)12-18(14)23-20(24)16-8-6-15(7-9-16)13-25-19-4-2-3-11-22-19/h2-12H,13H2,1H3,(H,23,24). The molecule has 126 valence electrons. The van der Waals surface area contributed by atoms with Gasteiger partial charge in [-0.2, -0.15) is 0 Å².